The van der Waals surface area contributed by atoms with Crippen molar-refractivity contribution in [2.45, 2.75) is 25.8 Å². The lowest BCUT2D eigenvalue weighted by molar-refractivity contribution is -0.131. The van der Waals surface area contributed by atoms with Crippen LogP contribution in [0.4, 0.5) is 0 Å². The Morgan fingerprint density at radius 2 is 1.45 bits per heavy atom. The van der Waals surface area contributed by atoms with E-state index in [4.69, 9.17) is 0 Å². The number of nitrogens with one attached hydrogen (secondary N) is 1. The van der Waals surface area contributed by atoms with Crippen LogP contribution in [0, 0.1) is 0 Å². The Kier molecular flexibility index (Phi) is 6.06. The second kappa shape index (κ2) is 9.24. The molecular weight excluding hydrogens is 356 g/mol. The molecule has 3 aromatic carbocycles. The summed E-state index contributed by atoms with van der Waals surface area (Å²) in [7, 11) is 0. The van der Waals surface area contributed by atoms with Crippen LogP contribution < -0.4 is 0 Å². The minimum absolute atomic E-state index is 0.173. The van der Waals surface area contributed by atoms with Crippen molar-refractivity contribution in [1.82, 2.24) is 9.88 Å². The van der Waals surface area contributed by atoms with Gasteiger partial charge in [-0.2, -0.15) is 0 Å². The number of aromatic amines is 1. The summed E-state index contributed by atoms with van der Waals surface area (Å²) in [6.45, 7) is 1.40. The fourth-order valence-corrected chi connectivity index (χ4v) is 3.77. The zero-order valence-corrected chi connectivity index (χ0v) is 16.6. The van der Waals surface area contributed by atoms with Crippen LogP contribution in [0.3, 0.4) is 0 Å². The zero-order chi connectivity index (χ0) is 19.9. The number of hydrogen-bond acceptors (Lipinski definition) is 1. The predicted molar refractivity (Wildman–Crippen MR) is 119 cm³/mol. The first-order valence-corrected chi connectivity index (χ1v) is 10.2. The highest BCUT2D eigenvalue weighted by Crippen LogP contribution is 2.19. The summed E-state index contributed by atoms with van der Waals surface area (Å²) in [4.78, 5) is 18.5. The van der Waals surface area contributed by atoms with E-state index in [0.29, 0.717) is 13.0 Å². The normalized spacial score (nSPS) is 10.9. The molecule has 4 aromatic rings. The van der Waals surface area contributed by atoms with E-state index in [0.717, 1.165) is 35.9 Å². The lowest BCUT2D eigenvalue weighted by atomic mass is 10.1. The predicted octanol–water partition coefficient (Wildman–Crippen LogP) is 5.37. The van der Waals surface area contributed by atoms with E-state index in [9.17, 15) is 4.79 Å². The van der Waals surface area contributed by atoms with Gasteiger partial charge in [0.2, 0.25) is 5.91 Å². The molecular formula is C26H26N2O. The standard InChI is InChI=1S/C26H26N2O/c29-26(18-23-19-27-25-16-8-7-15-24(23)25)28(20-22-12-5-2-6-13-22)17-9-14-21-10-3-1-4-11-21/h1-8,10-13,15-16,19,27H,9,14,17-18,20H2. The van der Waals surface area contributed by atoms with Crippen molar-refractivity contribution in [3.05, 3.63) is 108 Å². The summed E-state index contributed by atoms with van der Waals surface area (Å²) >= 11 is 0. The quantitative estimate of drug-likeness (QED) is 0.437. The van der Waals surface area contributed by atoms with E-state index in [1.54, 1.807) is 0 Å². The van der Waals surface area contributed by atoms with Gasteiger partial charge in [-0.05, 0) is 35.6 Å². The van der Waals surface area contributed by atoms with Crippen molar-refractivity contribution in [3.63, 3.8) is 0 Å². The number of H-pyrrole nitrogens is 1. The molecule has 1 amide bonds. The Hall–Kier alpha value is -3.33. The van der Waals surface area contributed by atoms with E-state index < -0.39 is 0 Å². The number of hydrogen-bond donors (Lipinski definition) is 1. The third-order valence-electron chi connectivity index (χ3n) is 5.32. The maximum absolute atomic E-state index is 13.2. The minimum atomic E-state index is 0.173. The van der Waals surface area contributed by atoms with E-state index in [1.807, 2.05) is 53.6 Å². The number of para-hydroxylation sites is 1. The molecule has 3 heteroatoms. The van der Waals surface area contributed by atoms with E-state index in [1.165, 1.54) is 11.1 Å². The Bertz CT molecular complexity index is 1050. The van der Waals surface area contributed by atoms with Gasteiger partial charge >= 0.3 is 0 Å². The summed E-state index contributed by atoms with van der Waals surface area (Å²) < 4.78 is 0. The van der Waals surface area contributed by atoms with Crippen LogP contribution in [0.1, 0.15) is 23.1 Å². The van der Waals surface area contributed by atoms with Gasteiger partial charge in [-0.15, -0.1) is 0 Å². The molecule has 0 unspecified atom stereocenters. The summed E-state index contributed by atoms with van der Waals surface area (Å²) in [5, 5.41) is 1.13. The number of aryl methyl sites for hydroxylation is 1. The highest BCUT2D eigenvalue weighted by Gasteiger charge is 2.16. The molecule has 0 saturated carbocycles. The zero-order valence-electron chi connectivity index (χ0n) is 16.6. The van der Waals surface area contributed by atoms with Crippen molar-refractivity contribution in [2.75, 3.05) is 6.54 Å². The maximum atomic E-state index is 13.2. The molecule has 1 N–H and O–H groups in total. The molecule has 0 spiro atoms. The number of aromatic nitrogens is 1. The third-order valence-corrected chi connectivity index (χ3v) is 5.32. The molecule has 1 heterocycles. The summed E-state index contributed by atoms with van der Waals surface area (Å²) in [6, 6.07) is 28.9. The number of fused-ring (bicyclic) bond motifs is 1. The third kappa shape index (κ3) is 4.94. The van der Waals surface area contributed by atoms with Crippen LogP contribution in [0.2, 0.25) is 0 Å². The number of benzene rings is 3. The van der Waals surface area contributed by atoms with E-state index in [-0.39, 0.29) is 5.91 Å². The second-order valence-corrected chi connectivity index (χ2v) is 7.43. The molecule has 0 bridgehead atoms. The topological polar surface area (TPSA) is 36.1 Å². The van der Waals surface area contributed by atoms with Gasteiger partial charge in [-0.3, -0.25) is 4.79 Å². The molecule has 4 rings (SSSR count). The Morgan fingerprint density at radius 1 is 0.793 bits per heavy atom. The van der Waals surface area contributed by atoms with Crippen molar-refractivity contribution < 1.29 is 4.79 Å². The van der Waals surface area contributed by atoms with Gasteiger partial charge in [0.25, 0.3) is 0 Å². The van der Waals surface area contributed by atoms with E-state index in [2.05, 4.69) is 47.4 Å². The van der Waals surface area contributed by atoms with Crippen molar-refractivity contribution in [3.8, 4) is 0 Å². The molecule has 0 aliphatic heterocycles. The van der Waals surface area contributed by atoms with Gasteiger partial charge in [-0.1, -0.05) is 78.9 Å². The first-order chi connectivity index (χ1) is 14.3. The number of carbonyl (C=O) groups excluding carboxylic acids is 1. The molecule has 29 heavy (non-hydrogen) atoms. The van der Waals surface area contributed by atoms with Crippen molar-refractivity contribution in [1.29, 1.82) is 0 Å². The largest absolute Gasteiger partial charge is 0.361 e. The Morgan fingerprint density at radius 3 is 2.21 bits per heavy atom. The maximum Gasteiger partial charge on any atom is 0.227 e. The molecule has 0 saturated heterocycles. The summed E-state index contributed by atoms with van der Waals surface area (Å²) in [5.41, 5.74) is 4.62. The molecule has 0 fully saturated rings. The van der Waals surface area contributed by atoms with Crippen LogP contribution in [0.15, 0.2) is 91.1 Å². The number of nitrogens with zero attached hydrogens (tertiary/aromatic N) is 1. The van der Waals surface area contributed by atoms with Gasteiger partial charge in [0.15, 0.2) is 0 Å². The molecule has 146 valence electrons. The molecule has 1 aromatic heterocycles. The lowest BCUT2D eigenvalue weighted by Gasteiger charge is -2.23. The number of carbonyl (C=O) groups is 1. The number of rotatable bonds is 8. The van der Waals surface area contributed by atoms with Crippen LogP contribution >= 0.6 is 0 Å². The monoisotopic (exact) mass is 382 g/mol. The molecule has 0 radical (unpaired) electrons. The molecule has 0 atom stereocenters. The van der Waals surface area contributed by atoms with Crippen LogP contribution in [0.25, 0.3) is 10.9 Å². The van der Waals surface area contributed by atoms with Gasteiger partial charge in [0.05, 0.1) is 6.42 Å². The molecule has 0 aliphatic carbocycles. The van der Waals surface area contributed by atoms with Crippen LogP contribution in [-0.4, -0.2) is 22.3 Å². The van der Waals surface area contributed by atoms with Gasteiger partial charge in [-0.25, -0.2) is 0 Å². The van der Waals surface area contributed by atoms with Gasteiger partial charge in [0, 0.05) is 30.2 Å². The second-order valence-electron chi connectivity index (χ2n) is 7.43. The highest BCUT2D eigenvalue weighted by atomic mass is 16.2. The van der Waals surface area contributed by atoms with Crippen molar-refractivity contribution in [2.24, 2.45) is 0 Å². The Labute approximate surface area is 172 Å². The van der Waals surface area contributed by atoms with Gasteiger partial charge in [0.1, 0.15) is 0 Å². The van der Waals surface area contributed by atoms with Crippen LogP contribution in [-0.2, 0) is 24.2 Å². The van der Waals surface area contributed by atoms with Crippen molar-refractivity contribution >= 4 is 16.8 Å². The first kappa shape index (κ1) is 19.0. The SMILES string of the molecule is O=C(Cc1c[nH]c2ccccc12)N(CCCc1ccccc1)Cc1ccccc1. The average Bonchev–Trinajstić information content (AvgIpc) is 3.17. The molecule has 0 aliphatic rings. The first-order valence-electron chi connectivity index (χ1n) is 10.2. The fourth-order valence-electron chi connectivity index (χ4n) is 3.77. The average molecular weight is 383 g/mol. The highest BCUT2D eigenvalue weighted by molar-refractivity contribution is 5.88. The molecule has 3 nitrogen and oxygen atoms in total. The van der Waals surface area contributed by atoms with Crippen LogP contribution in [0.5, 0.6) is 0 Å². The Balaban J connectivity index is 1.46. The summed E-state index contributed by atoms with van der Waals surface area (Å²) in [6.07, 6.45) is 4.32. The minimum Gasteiger partial charge on any atom is -0.361 e. The van der Waals surface area contributed by atoms with E-state index >= 15 is 0 Å². The summed E-state index contributed by atoms with van der Waals surface area (Å²) in [5.74, 6) is 0.173. The van der Waals surface area contributed by atoms with Gasteiger partial charge < -0.3 is 9.88 Å². The fraction of sp³-hybridized carbons (Fsp3) is 0.192. The smallest absolute Gasteiger partial charge is 0.227 e. The lowest BCUT2D eigenvalue weighted by Crippen LogP contribution is -2.33. The number of amides is 1.